The molecule has 0 saturated carbocycles. The molecule has 0 radical (unpaired) electrons. The van der Waals surface area contributed by atoms with E-state index in [1.807, 2.05) is 0 Å². The molecule has 1 atom stereocenters. The zero-order chi connectivity index (χ0) is 15.6. The lowest BCUT2D eigenvalue weighted by Crippen LogP contribution is -2.09. The van der Waals surface area contributed by atoms with Crippen LogP contribution in [0.1, 0.15) is 18.9 Å². The van der Waals surface area contributed by atoms with Crippen LogP contribution in [0, 0.1) is 10.1 Å². The van der Waals surface area contributed by atoms with Gasteiger partial charge in [0, 0.05) is 12.2 Å². The number of nitro groups is 1. The first-order valence-corrected chi connectivity index (χ1v) is 8.29. The van der Waals surface area contributed by atoms with Crippen molar-refractivity contribution in [3.05, 3.63) is 33.9 Å². The summed E-state index contributed by atoms with van der Waals surface area (Å²) in [6.07, 6.45) is -4.25. The van der Waals surface area contributed by atoms with Crippen molar-refractivity contribution in [1.82, 2.24) is 0 Å². The van der Waals surface area contributed by atoms with Crippen molar-refractivity contribution < 1.29 is 27.5 Å². The highest BCUT2D eigenvalue weighted by Gasteiger charge is 2.38. The lowest BCUT2D eigenvalue weighted by atomic mass is 10.1. The average Bonchev–Trinajstić information content (AvgIpc) is 2.26. The van der Waals surface area contributed by atoms with Crippen LogP contribution in [0.25, 0.3) is 0 Å². The van der Waals surface area contributed by atoms with Crippen molar-refractivity contribution in [3.8, 4) is 5.75 Å². The minimum Gasteiger partial charge on any atom is -0.444 e. The van der Waals surface area contributed by atoms with E-state index < -0.39 is 28.8 Å². The standard InChI is InChI=1S/C10H11F3NO4PS/c1-2-5-19(17,20)18-7-3-4-9(14(15)16)8(6-7)10(11,12)13/h3-4,6H,2,5H2,1H3,(H,17,20). The summed E-state index contributed by atoms with van der Waals surface area (Å²) in [5.74, 6) is -0.331. The largest absolute Gasteiger partial charge is 0.444 e. The van der Waals surface area contributed by atoms with E-state index in [0.717, 1.165) is 6.07 Å². The molecule has 0 spiro atoms. The van der Waals surface area contributed by atoms with Crippen LogP contribution >= 0.6 is 6.49 Å². The third-order valence-corrected chi connectivity index (χ3v) is 4.50. The van der Waals surface area contributed by atoms with Gasteiger partial charge >= 0.3 is 6.18 Å². The van der Waals surface area contributed by atoms with Crippen LogP contribution in [0.5, 0.6) is 5.75 Å². The first-order chi connectivity index (χ1) is 9.07. The van der Waals surface area contributed by atoms with Gasteiger partial charge in [-0.3, -0.25) is 10.1 Å². The van der Waals surface area contributed by atoms with E-state index in [2.05, 4.69) is 0 Å². The zero-order valence-electron chi connectivity index (χ0n) is 10.3. The summed E-state index contributed by atoms with van der Waals surface area (Å²) in [6.45, 7) is -1.50. The van der Waals surface area contributed by atoms with E-state index in [9.17, 15) is 28.2 Å². The number of nitro benzene ring substituents is 1. The summed E-state index contributed by atoms with van der Waals surface area (Å²) >= 11 is 4.77. The van der Waals surface area contributed by atoms with Crippen molar-refractivity contribution in [2.45, 2.75) is 19.5 Å². The fraction of sp³-hybridized carbons (Fsp3) is 0.400. The van der Waals surface area contributed by atoms with E-state index in [4.69, 9.17) is 16.3 Å². The van der Waals surface area contributed by atoms with Crippen LogP contribution < -0.4 is 4.52 Å². The third-order valence-electron chi connectivity index (χ3n) is 2.22. The zero-order valence-corrected chi connectivity index (χ0v) is 12.0. The molecular formula is C10H11F3NO4PS. The van der Waals surface area contributed by atoms with Crippen molar-refractivity contribution in [2.75, 3.05) is 6.16 Å². The van der Waals surface area contributed by atoms with Crippen LogP contribution in [0.4, 0.5) is 18.9 Å². The van der Waals surface area contributed by atoms with Crippen molar-refractivity contribution in [3.63, 3.8) is 0 Å². The second-order valence-electron chi connectivity index (χ2n) is 3.89. The molecule has 0 heterocycles. The second kappa shape index (κ2) is 6.07. The first kappa shape index (κ1) is 16.9. The molecule has 0 saturated heterocycles. The second-order valence-corrected chi connectivity index (χ2v) is 7.50. The summed E-state index contributed by atoms with van der Waals surface area (Å²) in [4.78, 5) is 19.2. The molecule has 1 aromatic rings. The Morgan fingerprint density at radius 1 is 1.50 bits per heavy atom. The average molecular weight is 329 g/mol. The van der Waals surface area contributed by atoms with Crippen molar-refractivity contribution in [1.29, 1.82) is 0 Å². The maximum absolute atomic E-state index is 12.7. The van der Waals surface area contributed by atoms with Gasteiger partial charge < -0.3 is 9.42 Å². The minimum absolute atomic E-state index is 0.140. The highest BCUT2D eigenvalue weighted by atomic mass is 32.5. The van der Waals surface area contributed by atoms with E-state index in [-0.39, 0.29) is 11.9 Å². The predicted octanol–water partition coefficient (Wildman–Crippen LogP) is 3.70. The van der Waals surface area contributed by atoms with Gasteiger partial charge in [0.15, 0.2) is 0 Å². The summed E-state index contributed by atoms with van der Waals surface area (Å²) in [7, 11) is 0. The number of alkyl halides is 3. The Hall–Kier alpha value is -1.18. The maximum Gasteiger partial charge on any atom is 0.423 e. The number of hydrogen-bond acceptors (Lipinski definition) is 4. The van der Waals surface area contributed by atoms with Gasteiger partial charge in [0.25, 0.3) is 5.69 Å². The molecule has 112 valence electrons. The van der Waals surface area contributed by atoms with Gasteiger partial charge in [-0.2, -0.15) is 13.2 Å². The summed E-state index contributed by atoms with van der Waals surface area (Å²) in [5.41, 5.74) is -2.52. The minimum atomic E-state index is -4.90. The Morgan fingerprint density at radius 2 is 2.10 bits per heavy atom. The molecule has 0 aliphatic carbocycles. The van der Waals surface area contributed by atoms with Gasteiger partial charge in [-0.05, 0) is 30.4 Å². The molecule has 0 fully saturated rings. The molecule has 1 N–H and O–H groups in total. The number of benzene rings is 1. The molecule has 10 heteroatoms. The number of rotatable bonds is 5. The SMILES string of the molecule is CCCP(O)(=S)Oc1ccc([N+](=O)[O-])c(C(F)(F)F)c1. The molecule has 1 rings (SSSR count). The molecule has 1 aromatic carbocycles. The molecule has 1 unspecified atom stereocenters. The van der Waals surface area contributed by atoms with Gasteiger partial charge in [0.2, 0.25) is 6.49 Å². The smallest absolute Gasteiger partial charge is 0.423 e. The monoisotopic (exact) mass is 329 g/mol. The maximum atomic E-state index is 12.7. The van der Waals surface area contributed by atoms with E-state index in [0.29, 0.717) is 18.6 Å². The van der Waals surface area contributed by atoms with Crippen molar-refractivity contribution in [2.24, 2.45) is 0 Å². The van der Waals surface area contributed by atoms with Crippen molar-refractivity contribution >= 4 is 24.0 Å². The lowest BCUT2D eigenvalue weighted by molar-refractivity contribution is -0.388. The molecule has 0 amide bonds. The highest BCUT2D eigenvalue weighted by molar-refractivity contribution is 8.09. The summed E-state index contributed by atoms with van der Waals surface area (Å²) in [6, 6.07) is 2.14. The molecule has 5 nitrogen and oxygen atoms in total. The number of hydrogen-bond donors (Lipinski definition) is 1. The molecular weight excluding hydrogens is 318 g/mol. The quantitative estimate of drug-likeness (QED) is 0.506. The fourth-order valence-electron chi connectivity index (χ4n) is 1.45. The fourth-order valence-corrected chi connectivity index (χ4v) is 3.36. The molecule has 0 aliphatic rings. The molecule has 0 bridgehead atoms. The summed E-state index contributed by atoms with van der Waals surface area (Å²) in [5, 5.41) is 10.6. The Kier molecular flexibility index (Phi) is 5.12. The normalized spacial score (nSPS) is 14.7. The third kappa shape index (κ3) is 4.43. The highest BCUT2D eigenvalue weighted by Crippen LogP contribution is 2.46. The molecule has 0 aromatic heterocycles. The van der Waals surface area contributed by atoms with Crippen LogP contribution in [-0.2, 0) is 18.0 Å². The molecule has 20 heavy (non-hydrogen) atoms. The van der Waals surface area contributed by atoms with Crippen LogP contribution in [-0.4, -0.2) is 16.0 Å². The Morgan fingerprint density at radius 3 is 2.55 bits per heavy atom. The van der Waals surface area contributed by atoms with Gasteiger partial charge in [0.05, 0.1) is 4.92 Å². The molecule has 0 aliphatic heterocycles. The first-order valence-electron chi connectivity index (χ1n) is 5.44. The Labute approximate surface area is 117 Å². The number of halogens is 3. The van der Waals surface area contributed by atoms with Gasteiger partial charge in [-0.15, -0.1) is 0 Å². The van der Waals surface area contributed by atoms with Crippen LogP contribution in [0.2, 0.25) is 0 Å². The van der Waals surface area contributed by atoms with Crippen LogP contribution in [0.3, 0.4) is 0 Å². The van der Waals surface area contributed by atoms with E-state index in [1.54, 1.807) is 6.92 Å². The van der Waals surface area contributed by atoms with Gasteiger partial charge in [-0.25, -0.2) is 0 Å². The lowest BCUT2D eigenvalue weighted by Gasteiger charge is -2.17. The summed E-state index contributed by atoms with van der Waals surface area (Å²) < 4.78 is 43.2. The van der Waals surface area contributed by atoms with Gasteiger partial charge in [-0.1, -0.05) is 6.92 Å². The van der Waals surface area contributed by atoms with Crippen LogP contribution in [0.15, 0.2) is 18.2 Å². The Bertz CT molecular complexity index is 564. The van der Waals surface area contributed by atoms with Gasteiger partial charge in [0.1, 0.15) is 11.3 Å². The Balaban J connectivity index is 3.20. The number of nitrogens with zero attached hydrogens (tertiary/aromatic N) is 1. The van der Waals surface area contributed by atoms with E-state index in [1.165, 1.54) is 0 Å². The predicted molar refractivity (Wildman–Crippen MR) is 70.4 cm³/mol. The topological polar surface area (TPSA) is 72.6 Å². The van der Waals surface area contributed by atoms with E-state index >= 15 is 0 Å².